The van der Waals surface area contributed by atoms with E-state index >= 15 is 0 Å². The Kier molecular flexibility index (Phi) is 48.5. The maximum absolute atomic E-state index is 11.6. The minimum absolute atomic E-state index is 0. The normalized spacial score (nSPS) is 11.7. The van der Waals surface area contributed by atoms with Gasteiger partial charge in [0.05, 0.1) is 0 Å². The number of carboxylic acid groups (broad SMARTS) is 2. The first kappa shape index (κ1) is 61.1. The maximum atomic E-state index is 11.6. The van der Waals surface area contributed by atoms with Crippen LogP contribution in [0.4, 0.5) is 0 Å². The van der Waals surface area contributed by atoms with Gasteiger partial charge in [-0.05, 0) is 38.5 Å². The SMILES string of the molecule is CCCCCCCCCCCCCCCCCC(=O)OC(=O)[C@@H](N)CCC(=O)[O-].CCCCCCCCCCCCCCCCCC(=O)OC(=O)[C@@H](N)CCC(=O)[O-].[Zn+2]. The molecule has 13 heteroatoms. The average Bonchev–Trinajstić information content (AvgIpc) is 3.19. The number of carboxylic acids is 2. The molecule has 59 heavy (non-hydrogen) atoms. The second kappa shape index (κ2) is 46.8. The fourth-order valence-corrected chi connectivity index (χ4v) is 6.54. The van der Waals surface area contributed by atoms with Crippen LogP contribution in [0.3, 0.4) is 0 Å². The van der Waals surface area contributed by atoms with E-state index in [4.69, 9.17) is 11.5 Å². The number of esters is 4. The molecule has 0 aliphatic rings. The molecule has 0 bridgehead atoms. The van der Waals surface area contributed by atoms with Crippen LogP contribution in [-0.4, -0.2) is 47.9 Å². The van der Waals surface area contributed by atoms with Crippen molar-refractivity contribution in [2.45, 2.75) is 257 Å². The smallest absolute Gasteiger partial charge is 0.550 e. The Bertz CT molecular complexity index is 965. The average molecular weight is 891 g/mol. The number of nitrogens with two attached hydrogens (primary N) is 2. The van der Waals surface area contributed by atoms with Gasteiger partial charge in [0.15, 0.2) is 0 Å². The molecule has 0 radical (unpaired) electrons. The van der Waals surface area contributed by atoms with Gasteiger partial charge in [-0.25, -0.2) is 9.59 Å². The van der Waals surface area contributed by atoms with Crippen molar-refractivity contribution in [3.05, 3.63) is 0 Å². The molecule has 0 aromatic heterocycles. The number of aliphatic carboxylic acids is 2. The summed E-state index contributed by atoms with van der Waals surface area (Å²) < 4.78 is 9.29. The summed E-state index contributed by atoms with van der Waals surface area (Å²) in [6.07, 6.45) is 37.0. The molecule has 4 N–H and O–H groups in total. The van der Waals surface area contributed by atoms with Gasteiger partial charge in [-0.2, -0.15) is 0 Å². The molecule has 0 aromatic rings. The predicted molar refractivity (Wildman–Crippen MR) is 226 cm³/mol. The summed E-state index contributed by atoms with van der Waals surface area (Å²) in [6.45, 7) is 4.50. The van der Waals surface area contributed by atoms with Crippen LogP contribution in [0.15, 0.2) is 0 Å². The summed E-state index contributed by atoms with van der Waals surface area (Å²) in [6, 6.07) is -2.20. The fraction of sp³-hybridized carbons (Fsp3) is 0.870. The van der Waals surface area contributed by atoms with E-state index in [2.05, 4.69) is 23.3 Å². The molecule has 0 rings (SSSR count). The van der Waals surface area contributed by atoms with Crippen molar-refractivity contribution in [1.82, 2.24) is 0 Å². The molecule has 12 nitrogen and oxygen atoms in total. The van der Waals surface area contributed by atoms with Crippen molar-refractivity contribution in [3.63, 3.8) is 0 Å². The number of ether oxygens (including phenoxy) is 2. The summed E-state index contributed by atoms with van der Waals surface area (Å²) >= 11 is 0. The second-order valence-electron chi connectivity index (χ2n) is 16.0. The van der Waals surface area contributed by atoms with Gasteiger partial charge < -0.3 is 40.7 Å². The number of rotatable bonds is 40. The number of carbonyl (C=O) groups excluding carboxylic acids is 6. The molecule has 0 saturated carbocycles. The van der Waals surface area contributed by atoms with Crippen LogP contribution >= 0.6 is 0 Å². The van der Waals surface area contributed by atoms with Gasteiger partial charge in [-0.1, -0.05) is 194 Å². The third-order valence-electron chi connectivity index (χ3n) is 10.3. The molecule has 0 heterocycles. The van der Waals surface area contributed by atoms with Gasteiger partial charge in [0.2, 0.25) is 0 Å². The molecule has 0 unspecified atom stereocenters. The molecule has 2 atom stereocenters. The van der Waals surface area contributed by atoms with Crippen LogP contribution in [0.5, 0.6) is 0 Å². The standard InChI is InChI=1S/2C23H43NO5.Zn/c2*1-2-3-4-5-6-7-8-9-10-11-12-13-14-15-16-17-22(27)29-23(28)20(24)18-19-21(25)26;/h2*20H,2-19,24H2,1H3,(H,25,26);/q;;+2/p-2/t2*20-;/m00./s1. The summed E-state index contributed by atoms with van der Waals surface area (Å²) in [5.74, 6) is -5.47. The third kappa shape index (κ3) is 48.3. The number of unbranched alkanes of at least 4 members (excludes halogenated alkanes) is 28. The molecular formula is C46H84N2O10Zn. The molecule has 0 amide bonds. The van der Waals surface area contributed by atoms with E-state index in [1.54, 1.807) is 0 Å². The quantitative estimate of drug-likeness (QED) is 0.0257. The first-order valence-electron chi connectivity index (χ1n) is 23.3. The van der Waals surface area contributed by atoms with E-state index in [1.807, 2.05) is 0 Å². The van der Waals surface area contributed by atoms with Crippen molar-refractivity contribution in [3.8, 4) is 0 Å². The summed E-state index contributed by atoms with van der Waals surface area (Å²) in [5.41, 5.74) is 11.0. The Morgan fingerprint density at radius 2 is 0.576 bits per heavy atom. The van der Waals surface area contributed by atoms with Crippen molar-refractivity contribution < 1.29 is 67.9 Å². The van der Waals surface area contributed by atoms with Crippen LogP contribution < -0.4 is 21.7 Å². The first-order chi connectivity index (χ1) is 27.9. The zero-order valence-corrected chi connectivity index (χ0v) is 40.5. The van der Waals surface area contributed by atoms with Crippen LogP contribution in [0, 0.1) is 0 Å². The number of carbonyl (C=O) groups is 6. The Labute approximate surface area is 371 Å². The fourth-order valence-electron chi connectivity index (χ4n) is 6.54. The van der Waals surface area contributed by atoms with Crippen molar-refractivity contribution in [1.29, 1.82) is 0 Å². The predicted octanol–water partition coefficient (Wildman–Crippen LogP) is 8.35. The minimum Gasteiger partial charge on any atom is -0.550 e. The van der Waals surface area contributed by atoms with E-state index in [-0.39, 0.29) is 58.0 Å². The molecule has 0 fully saturated rings. The van der Waals surface area contributed by atoms with E-state index in [1.165, 1.54) is 154 Å². The molecule has 0 spiro atoms. The maximum Gasteiger partial charge on any atom is 2.00 e. The van der Waals surface area contributed by atoms with E-state index in [0.717, 1.165) is 25.7 Å². The van der Waals surface area contributed by atoms with Gasteiger partial charge >= 0.3 is 43.4 Å². The van der Waals surface area contributed by atoms with E-state index < -0.39 is 47.9 Å². The van der Waals surface area contributed by atoms with Crippen LogP contribution in [0.25, 0.3) is 0 Å². The third-order valence-corrected chi connectivity index (χ3v) is 10.3. The topological polar surface area (TPSA) is 219 Å². The van der Waals surface area contributed by atoms with Crippen LogP contribution in [-0.2, 0) is 57.7 Å². The zero-order chi connectivity index (χ0) is 43.5. The van der Waals surface area contributed by atoms with Crippen molar-refractivity contribution in [2.24, 2.45) is 11.5 Å². The summed E-state index contributed by atoms with van der Waals surface area (Å²) in [4.78, 5) is 67.0. The Balaban J connectivity index is -0.00000105. The number of hydrogen-bond acceptors (Lipinski definition) is 12. The minimum atomic E-state index is -1.28. The van der Waals surface area contributed by atoms with Gasteiger partial charge in [0.1, 0.15) is 12.1 Å². The molecule has 340 valence electrons. The molecule has 0 saturated heterocycles. The Morgan fingerprint density at radius 1 is 0.373 bits per heavy atom. The molecule has 0 aliphatic heterocycles. The largest absolute Gasteiger partial charge is 2.00 e. The summed E-state index contributed by atoms with van der Waals surface area (Å²) in [5, 5.41) is 20.7. The Hall–Kier alpha value is -2.24. The second-order valence-corrected chi connectivity index (χ2v) is 16.0. The zero-order valence-electron chi connectivity index (χ0n) is 37.6. The molecule has 0 aliphatic carbocycles. The van der Waals surface area contributed by atoms with Gasteiger partial charge in [-0.15, -0.1) is 0 Å². The first-order valence-corrected chi connectivity index (χ1v) is 23.3. The monoisotopic (exact) mass is 889 g/mol. The number of hydrogen-bond donors (Lipinski definition) is 2. The molecule has 0 aromatic carbocycles. The molecular weight excluding hydrogens is 806 g/mol. The van der Waals surface area contributed by atoms with E-state index in [0.29, 0.717) is 12.8 Å². The van der Waals surface area contributed by atoms with Gasteiger partial charge in [0.25, 0.3) is 0 Å². The van der Waals surface area contributed by atoms with Gasteiger partial charge in [0, 0.05) is 24.8 Å². The van der Waals surface area contributed by atoms with Crippen molar-refractivity contribution in [2.75, 3.05) is 0 Å². The van der Waals surface area contributed by atoms with Crippen LogP contribution in [0.2, 0.25) is 0 Å². The van der Waals surface area contributed by atoms with Crippen LogP contribution in [0.1, 0.15) is 245 Å². The van der Waals surface area contributed by atoms with E-state index in [9.17, 15) is 39.0 Å². The van der Waals surface area contributed by atoms with Gasteiger partial charge in [-0.3, -0.25) is 9.59 Å². The van der Waals surface area contributed by atoms with Crippen molar-refractivity contribution >= 4 is 35.8 Å². The Morgan fingerprint density at radius 3 is 0.780 bits per heavy atom. The summed E-state index contributed by atoms with van der Waals surface area (Å²) in [7, 11) is 0.